The van der Waals surface area contributed by atoms with Crippen molar-refractivity contribution in [3.63, 3.8) is 0 Å². The van der Waals surface area contributed by atoms with Crippen LogP contribution in [0.4, 0.5) is 4.39 Å². The molecule has 15 heavy (non-hydrogen) atoms. The van der Waals surface area contributed by atoms with Crippen molar-refractivity contribution in [2.45, 2.75) is 13.0 Å². The van der Waals surface area contributed by atoms with Crippen LogP contribution in [0.2, 0.25) is 0 Å². The largest absolute Gasteiger partial charge is 0.245 e. The smallest absolute Gasteiger partial charge is 0.159 e. The minimum atomic E-state index is -0.164. The minimum absolute atomic E-state index is 0.164. The van der Waals surface area contributed by atoms with E-state index in [0.717, 1.165) is 21.4 Å². The van der Waals surface area contributed by atoms with Gasteiger partial charge in [-0.3, -0.25) is 0 Å². The van der Waals surface area contributed by atoms with Crippen LogP contribution in [0.5, 0.6) is 0 Å². The number of benzene rings is 1. The maximum absolute atomic E-state index is 13.6. The highest BCUT2D eigenvalue weighted by Gasteiger charge is 2.22. The Morgan fingerprint density at radius 1 is 1.40 bits per heavy atom. The van der Waals surface area contributed by atoms with Gasteiger partial charge in [0.2, 0.25) is 0 Å². The summed E-state index contributed by atoms with van der Waals surface area (Å²) in [4.78, 5) is 4.16. The molecule has 0 radical (unpaired) electrons. The number of halogens is 2. The van der Waals surface area contributed by atoms with Crippen molar-refractivity contribution in [3.8, 4) is 11.4 Å². The second kappa shape index (κ2) is 3.13. The van der Waals surface area contributed by atoms with E-state index in [1.54, 1.807) is 10.7 Å². The van der Waals surface area contributed by atoms with Crippen molar-refractivity contribution in [2.75, 3.05) is 0 Å². The van der Waals surface area contributed by atoms with Gasteiger partial charge < -0.3 is 0 Å². The first-order valence-corrected chi connectivity index (χ1v) is 5.42. The Bertz CT molecular complexity index is 535. The summed E-state index contributed by atoms with van der Waals surface area (Å²) in [6.45, 7) is 0.690. The van der Waals surface area contributed by atoms with Gasteiger partial charge >= 0.3 is 0 Å². The van der Waals surface area contributed by atoms with Crippen molar-refractivity contribution in [1.82, 2.24) is 14.8 Å². The van der Waals surface area contributed by atoms with Crippen molar-refractivity contribution in [1.29, 1.82) is 0 Å². The van der Waals surface area contributed by atoms with Crippen LogP contribution in [0.15, 0.2) is 22.9 Å². The monoisotopic (exact) mass is 267 g/mol. The molecule has 1 aromatic heterocycles. The zero-order valence-corrected chi connectivity index (χ0v) is 9.33. The first-order chi connectivity index (χ1) is 7.27. The summed E-state index contributed by atoms with van der Waals surface area (Å²) in [5.41, 5.74) is 1.56. The Kier molecular flexibility index (Phi) is 1.88. The molecule has 0 saturated heterocycles. The number of aromatic nitrogens is 3. The molecule has 0 N–H and O–H groups in total. The predicted molar refractivity (Wildman–Crippen MR) is 56.8 cm³/mol. The highest BCUT2D eigenvalue weighted by atomic mass is 79.9. The van der Waals surface area contributed by atoms with E-state index in [4.69, 9.17) is 0 Å². The van der Waals surface area contributed by atoms with Gasteiger partial charge in [-0.1, -0.05) is 15.9 Å². The van der Waals surface area contributed by atoms with Crippen molar-refractivity contribution in [3.05, 3.63) is 34.3 Å². The van der Waals surface area contributed by atoms with Crippen LogP contribution in [0, 0.1) is 5.82 Å². The molecule has 0 unspecified atom stereocenters. The summed E-state index contributed by atoms with van der Waals surface area (Å²) in [5.74, 6) is 0.574. The molecule has 3 nitrogen and oxygen atoms in total. The number of rotatable bonds is 0. The van der Waals surface area contributed by atoms with Crippen molar-refractivity contribution in [2.24, 2.45) is 0 Å². The molecule has 1 aliphatic heterocycles. The minimum Gasteiger partial charge on any atom is -0.245 e. The Morgan fingerprint density at radius 3 is 3.13 bits per heavy atom. The molecule has 5 heteroatoms. The van der Waals surface area contributed by atoms with E-state index in [0.29, 0.717) is 13.0 Å². The van der Waals surface area contributed by atoms with Gasteiger partial charge in [0.15, 0.2) is 5.82 Å². The molecule has 0 bridgehead atoms. The molecule has 76 valence electrons. The fourth-order valence-electron chi connectivity index (χ4n) is 1.92. The summed E-state index contributed by atoms with van der Waals surface area (Å²) in [7, 11) is 0. The molecule has 2 aromatic rings. The zero-order valence-electron chi connectivity index (χ0n) is 7.74. The third-order valence-electron chi connectivity index (χ3n) is 2.62. The average molecular weight is 268 g/mol. The number of hydrogen-bond acceptors (Lipinski definition) is 2. The zero-order chi connectivity index (χ0) is 10.4. The van der Waals surface area contributed by atoms with Crippen molar-refractivity contribution < 1.29 is 4.39 Å². The Hall–Kier alpha value is -1.23. The molecule has 0 fully saturated rings. The van der Waals surface area contributed by atoms with Crippen LogP contribution in [0.25, 0.3) is 11.4 Å². The summed E-state index contributed by atoms with van der Waals surface area (Å²) >= 11 is 3.42. The lowest BCUT2D eigenvalue weighted by atomic mass is 10.0. The number of aryl methyl sites for hydroxylation is 1. The average Bonchev–Trinajstić information content (AvgIpc) is 2.70. The quantitative estimate of drug-likeness (QED) is 0.734. The summed E-state index contributed by atoms with van der Waals surface area (Å²) < 4.78 is 16.2. The molecule has 1 aromatic carbocycles. The molecule has 1 aliphatic rings. The molecule has 0 atom stereocenters. The van der Waals surface area contributed by atoms with Crippen LogP contribution in [0.1, 0.15) is 5.56 Å². The fourth-order valence-corrected chi connectivity index (χ4v) is 2.47. The number of fused-ring (bicyclic) bond motifs is 3. The van der Waals surface area contributed by atoms with E-state index in [9.17, 15) is 4.39 Å². The predicted octanol–water partition coefficient (Wildman–Crippen LogP) is 2.40. The molecule has 0 aliphatic carbocycles. The van der Waals surface area contributed by atoms with Gasteiger partial charge in [-0.05, 0) is 18.6 Å². The summed E-state index contributed by atoms with van der Waals surface area (Å²) in [5, 5.41) is 4.09. The lowest BCUT2D eigenvalue weighted by Crippen LogP contribution is -2.14. The standard InChI is InChI=1S/C10H7BrFN3/c11-7-1-2-8(12)6-3-4-15-10(9(6)7)13-5-14-15/h1-2,5H,3-4H2. The molecular weight excluding hydrogens is 261 g/mol. The van der Waals surface area contributed by atoms with E-state index in [-0.39, 0.29) is 5.82 Å². The molecule has 0 saturated carbocycles. The van der Waals surface area contributed by atoms with Gasteiger partial charge in [0, 0.05) is 22.1 Å². The van der Waals surface area contributed by atoms with Gasteiger partial charge in [0.25, 0.3) is 0 Å². The highest BCUT2D eigenvalue weighted by Crippen LogP contribution is 2.35. The van der Waals surface area contributed by atoms with Crippen LogP contribution in [-0.4, -0.2) is 14.8 Å². The van der Waals surface area contributed by atoms with Crippen LogP contribution in [0.3, 0.4) is 0 Å². The topological polar surface area (TPSA) is 30.7 Å². The second-order valence-electron chi connectivity index (χ2n) is 3.44. The molecule has 3 rings (SSSR count). The lowest BCUT2D eigenvalue weighted by Gasteiger charge is -2.18. The first-order valence-electron chi connectivity index (χ1n) is 4.62. The van der Waals surface area contributed by atoms with Gasteiger partial charge in [-0.25, -0.2) is 14.1 Å². The van der Waals surface area contributed by atoms with Gasteiger partial charge in [-0.2, -0.15) is 5.10 Å². The maximum Gasteiger partial charge on any atom is 0.159 e. The van der Waals surface area contributed by atoms with Crippen LogP contribution >= 0.6 is 15.9 Å². The van der Waals surface area contributed by atoms with Gasteiger partial charge in [0.1, 0.15) is 12.1 Å². The third kappa shape index (κ3) is 1.23. The number of nitrogens with zero attached hydrogens (tertiary/aromatic N) is 3. The lowest BCUT2D eigenvalue weighted by molar-refractivity contribution is 0.561. The SMILES string of the molecule is Fc1ccc(Br)c2c1CCn1ncnc1-2. The maximum atomic E-state index is 13.6. The van der Waals surface area contributed by atoms with Crippen molar-refractivity contribution >= 4 is 15.9 Å². The highest BCUT2D eigenvalue weighted by molar-refractivity contribution is 9.10. The Labute approximate surface area is 94.1 Å². The van der Waals surface area contributed by atoms with E-state index < -0.39 is 0 Å². The van der Waals surface area contributed by atoms with E-state index >= 15 is 0 Å². The van der Waals surface area contributed by atoms with E-state index in [1.807, 2.05) is 0 Å². The Morgan fingerprint density at radius 2 is 2.27 bits per heavy atom. The Balaban J connectivity index is 2.36. The third-order valence-corrected chi connectivity index (χ3v) is 3.28. The second-order valence-corrected chi connectivity index (χ2v) is 4.29. The molecular formula is C10H7BrFN3. The van der Waals surface area contributed by atoms with Crippen LogP contribution in [-0.2, 0) is 13.0 Å². The molecule has 0 spiro atoms. The summed E-state index contributed by atoms with van der Waals surface area (Å²) in [6.07, 6.45) is 2.17. The molecule has 2 heterocycles. The van der Waals surface area contributed by atoms with Gasteiger partial charge in [0.05, 0.1) is 0 Å². The van der Waals surface area contributed by atoms with Crippen LogP contribution < -0.4 is 0 Å². The van der Waals surface area contributed by atoms with E-state index in [1.165, 1.54) is 12.4 Å². The molecule has 0 amide bonds. The van der Waals surface area contributed by atoms with Gasteiger partial charge in [-0.15, -0.1) is 0 Å². The number of hydrogen-bond donors (Lipinski definition) is 0. The first kappa shape index (κ1) is 9.03. The summed E-state index contributed by atoms with van der Waals surface area (Å²) in [6, 6.07) is 3.19. The normalized spacial score (nSPS) is 13.5. The van der Waals surface area contributed by atoms with E-state index in [2.05, 4.69) is 26.0 Å². The fraction of sp³-hybridized carbons (Fsp3) is 0.200.